The van der Waals surface area contributed by atoms with Gasteiger partial charge in [-0.05, 0) is 53.5 Å². The number of anilines is 1. The Morgan fingerprint density at radius 2 is 1.74 bits per heavy atom. The number of nitrogens with zero attached hydrogens (tertiary/aromatic N) is 3. The van der Waals surface area contributed by atoms with Crippen LogP contribution in [0.15, 0.2) is 78.5 Å². The third kappa shape index (κ3) is 4.18. The zero-order valence-electron chi connectivity index (χ0n) is 18.6. The van der Waals surface area contributed by atoms with E-state index in [1.165, 1.54) is 35.0 Å². The van der Waals surface area contributed by atoms with Crippen molar-refractivity contribution < 1.29 is 19.1 Å². The highest BCUT2D eigenvalue weighted by Crippen LogP contribution is 2.32. The van der Waals surface area contributed by atoms with Gasteiger partial charge in [-0.25, -0.2) is 4.39 Å². The van der Waals surface area contributed by atoms with Gasteiger partial charge in [0, 0.05) is 28.4 Å². The van der Waals surface area contributed by atoms with Crippen molar-refractivity contribution >= 4 is 34.5 Å². The normalized spacial score (nSPS) is 13.0. The van der Waals surface area contributed by atoms with Crippen LogP contribution in [0.4, 0.5) is 10.1 Å². The Labute approximate surface area is 200 Å². The van der Waals surface area contributed by atoms with Gasteiger partial charge in [-0.3, -0.25) is 9.59 Å². The predicted octanol–water partition coefficient (Wildman–Crippen LogP) is 4.91. The number of carbonyl (C=O) groups is 2. The van der Waals surface area contributed by atoms with E-state index in [0.29, 0.717) is 29.4 Å². The van der Waals surface area contributed by atoms with Gasteiger partial charge in [0.05, 0.1) is 6.54 Å². The molecule has 7 heteroatoms. The number of hydrogen-bond donors (Lipinski definition) is 1. The summed E-state index contributed by atoms with van der Waals surface area (Å²) in [5.74, 6) is -2.03. The number of nitriles is 1. The smallest absolute Gasteiger partial charge is 0.323 e. The van der Waals surface area contributed by atoms with E-state index in [9.17, 15) is 24.3 Å². The van der Waals surface area contributed by atoms with E-state index in [1.54, 1.807) is 4.90 Å². The molecule has 1 aliphatic rings. The van der Waals surface area contributed by atoms with Crippen LogP contribution in [0.3, 0.4) is 0 Å². The highest BCUT2D eigenvalue weighted by molar-refractivity contribution is 6.12. The lowest BCUT2D eigenvalue weighted by molar-refractivity contribution is -0.137. The molecule has 0 fully saturated rings. The zero-order chi connectivity index (χ0) is 24.5. The number of halogens is 1. The van der Waals surface area contributed by atoms with Crippen LogP contribution in [0.2, 0.25) is 0 Å². The first kappa shape index (κ1) is 22.1. The number of benzene rings is 3. The SMILES string of the molecule is N#CC(=Cc1cn(CC(=O)O)c2ccc(F)cc12)C(=O)N1Cc2ccccc2Cc2ccccc21. The van der Waals surface area contributed by atoms with Gasteiger partial charge in [-0.1, -0.05) is 42.5 Å². The van der Waals surface area contributed by atoms with Crippen LogP contribution in [-0.2, 0) is 29.1 Å². The highest BCUT2D eigenvalue weighted by Gasteiger charge is 2.26. The maximum atomic E-state index is 14.0. The average molecular weight is 465 g/mol. The third-order valence-corrected chi connectivity index (χ3v) is 6.19. The molecule has 0 radical (unpaired) electrons. The van der Waals surface area contributed by atoms with Crippen molar-refractivity contribution in [3.8, 4) is 6.07 Å². The number of carboxylic acid groups (broad SMARTS) is 1. The second-order valence-electron chi connectivity index (χ2n) is 8.40. The number of para-hydroxylation sites is 1. The first-order valence-electron chi connectivity index (χ1n) is 11.0. The van der Waals surface area contributed by atoms with Crippen molar-refractivity contribution in [2.24, 2.45) is 0 Å². The fraction of sp³-hybridized carbons (Fsp3) is 0.107. The van der Waals surface area contributed by atoms with E-state index in [1.807, 2.05) is 54.6 Å². The molecule has 0 aliphatic carbocycles. The standard InChI is InChI=1S/C28H20FN3O3/c29-23-9-10-26-24(13-23)22(15-31(26)17-27(33)34)12-21(14-30)28(35)32-16-20-7-2-1-5-18(20)11-19-6-3-4-8-25(19)32/h1-10,12-13,15H,11,16-17H2,(H,33,34). The molecular formula is C28H20FN3O3. The molecule has 0 bridgehead atoms. The number of aliphatic carboxylic acids is 1. The van der Waals surface area contributed by atoms with Gasteiger partial charge >= 0.3 is 5.97 Å². The third-order valence-electron chi connectivity index (χ3n) is 6.19. The summed E-state index contributed by atoms with van der Waals surface area (Å²) in [6, 6.07) is 21.5. The molecule has 6 nitrogen and oxygen atoms in total. The molecule has 1 aromatic heterocycles. The van der Waals surface area contributed by atoms with E-state index < -0.39 is 17.7 Å². The monoisotopic (exact) mass is 465 g/mol. The first-order chi connectivity index (χ1) is 16.9. The summed E-state index contributed by atoms with van der Waals surface area (Å²) in [5.41, 5.74) is 4.59. The van der Waals surface area contributed by atoms with Crippen molar-refractivity contribution in [3.63, 3.8) is 0 Å². The fourth-order valence-corrected chi connectivity index (χ4v) is 4.58. The zero-order valence-corrected chi connectivity index (χ0v) is 18.6. The second kappa shape index (κ2) is 8.92. The Morgan fingerprint density at radius 3 is 2.49 bits per heavy atom. The topological polar surface area (TPSA) is 86.3 Å². The van der Waals surface area contributed by atoms with E-state index in [-0.39, 0.29) is 12.1 Å². The lowest BCUT2D eigenvalue weighted by Gasteiger charge is -2.23. The second-order valence-corrected chi connectivity index (χ2v) is 8.40. The number of carboxylic acids is 1. The quantitative estimate of drug-likeness (QED) is 0.343. The Kier molecular flexibility index (Phi) is 5.63. The average Bonchev–Trinajstić information content (AvgIpc) is 3.06. The van der Waals surface area contributed by atoms with Crippen molar-refractivity contribution in [1.29, 1.82) is 5.26 Å². The van der Waals surface area contributed by atoms with Gasteiger partial charge in [0.2, 0.25) is 0 Å². The maximum absolute atomic E-state index is 14.0. The van der Waals surface area contributed by atoms with E-state index in [4.69, 9.17) is 0 Å². The summed E-state index contributed by atoms with van der Waals surface area (Å²) >= 11 is 0. The Bertz CT molecular complexity index is 1560. The van der Waals surface area contributed by atoms with Crippen LogP contribution in [0.1, 0.15) is 22.3 Å². The first-order valence-corrected chi connectivity index (χ1v) is 11.0. The highest BCUT2D eigenvalue weighted by atomic mass is 19.1. The minimum Gasteiger partial charge on any atom is -0.480 e. The van der Waals surface area contributed by atoms with Crippen molar-refractivity contribution in [1.82, 2.24) is 4.57 Å². The molecule has 4 aromatic rings. The lowest BCUT2D eigenvalue weighted by atomic mass is 10.0. The van der Waals surface area contributed by atoms with Gasteiger partial charge in [0.15, 0.2) is 0 Å². The molecule has 0 saturated carbocycles. The van der Waals surface area contributed by atoms with Gasteiger partial charge < -0.3 is 14.6 Å². The number of hydrogen-bond acceptors (Lipinski definition) is 3. The minimum atomic E-state index is -1.06. The number of carbonyl (C=O) groups excluding carboxylic acids is 1. The predicted molar refractivity (Wildman–Crippen MR) is 130 cm³/mol. The number of fused-ring (bicyclic) bond motifs is 3. The van der Waals surface area contributed by atoms with Crippen LogP contribution in [0.25, 0.3) is 17.0 Å². The van der Waals surface area contributed by atoms with Crippen LogP contribution < -0.4 is 4.90 Å². The van der Waals surface area contributed by atoms with Crippen molar-refractivity contribution in [2.45, 2.75) is 19.5 Å². The number of aromatic nitrogens is 1. The van der Waals surface area contributed by atoms with E-state index >= 15 is 0 Å². The molecule has 2 heterocycles. The van der Waals surface area contributed by atoms with Crippen LogP contribution in [-0.4, -0.2) is 21.6 Å². The molecule has 5 rings (SSSR count). The Balaban J connectivity index is 1.61. The molecule has 1 N–H and O–H groups in total. The molecule has 35 heavy (non-hydrogen) atoms. The lowest BCUT2D eigenvalue weighted by Crippen LogP contribution is -2.31. The molecule has 0 atom stereocenters. The summed E-state index contributed by atoms with van der Waals surface area (Å²) in [6.45, 7) is -0.0253. The summed E-state index contributed by atoms with van der Waals surface area (Å²) in [4.78, 5) is 26.6. The molecule has 1 aliphatic heterocycles. The maximum Gasteiger partial charge on any atom is 0.323 e. The Morgan fingerprint density at radius 1 is 1.03 bits per heavy atom. The number of rotatable bonds is 4. The largest absolute Gasteiger partial charge is 0.480 e. The van der Waals surface area contributed by atoms with Gasteiger partial charge in [-0.2, -0.15) is 5.26 Å². The van der Waals surface area contributed by atoms with E-state index in [0.717, 1.165) is 22.4 Å². The van der Waals surface area contributed by atoms with Gasteiger partial charge in [0.1, 0.15) is 24.0 Å². The molecule has 0 unspecified atom stereocenters. The Hall–Kier alpha value is -4.70. The molecular weight excluding hydrogens is 445 g/mol. The summed E-state index contributed by atoms with van der Waals surface area (Å²) < 4.78 is 15.5. The van der Waals surface area contributed by atoms with Crippen molar-refractivity contribution in [2.75, 3.05) is 4.90 Å². The van der Waals surface area contributed by atoms with Crippen LogP contribution >= 0.6 is 0 Å². The van der Waals surface area contributed by atoms with Crippen molar-refractivity contribution in [3.05, 3.63) is 107 Å². The number of amides is 1. The minimum absolute atomic E-state index is 0.127. The van der Waals surface area contributed by atoms with Crippen LogP contribution in [0.5, 0.6) is 0 Å². The summed E-state index contributed by atoms with van der Waals surface area (Å²) in [5, 5.41) is 19.6. The molecule has 1 amide bonds. The van der Waals surface area contributed by atoms with E-state index in [2.05, 4.69) is 0 Å². The van der Waals surface area contributed by atoms with Crippen LogP contribution in [0, 0.1) is 17.1 Å². The molecule has 3 aromatic carbocycles. The summed E-state index contributed by atoms with van der Waals surface area (Å²) in [7, 11) is 0. The van der Waals surface area contributed by atoms with Gasteiger partial charge in [0.25, 0.3) is 5.91 Å². The van der Waals surface area contributed by atoms with Gasteiger partial charge in [-0.15, -0.1) is 0 Å². The molecule has 172 valence electrons. The molecule has 0 saturated heterocycles. The molecule has 0 spiro atoms. The summed E-state index contributed by atoms with van der Waals surface area (Å²) in [6.07, 6.45) is 3.60. The fourth-order valence-electron chi connectivity index (χ4n) is 4.58.